The van der Waals surface area contributed by atoms with Crippen LogP contribution in [0.5, 0.6) is 0 Å². The minimum Gasteiger partial charge on any atom is -0.477 e. The topological polar surface area (TPSA) is 37.3 Å². The van der Waals surface area contributed by atoms with Crippen LogP contribution in [0.1, 0.15) is 9.67 Å². The van der Waals surface area contributed by atoms with Gasteiger partial charge in [-0.2, -0.15) is 0 Å². The fourth-order valence-corrected chi connectivity index (χ4v) is 2.14. The molecule has 11 heavy (non-hydrogen) atoms. The van der Waals surface area contributed by atoms with Crippen LogP contribution in [0.25, 0.3) is 0 Å². The zero-order chi connectivity index (χ0) is 8.59. The molecule has 0 amide bonds. The molecule has 0 spiro atoms. The molecular formula is C5HCl3O2S. The third-order valence-corrected chi connectivity index (χ3v) is 3.51. The van der Waals surface area contributed by atoms with Crippen LogP contribution in [-0.4, -0.2) is 11.1 Å². The molecule has 0 aliphatic heterocycles. The van der Waals surface area contributed by atoms with Gasteiger partial charge < -0.3 is 5.11 Å². The maximum atomic E-state index is 10.4. The summed E-state index contributed by atoms with van der Waals surface area (Å²) < 4.78 is 0.203. The largest absolute Gasteiger partial charge is 0.477 e. The Kier molecular flexibility index (Phi) is 2.65. The van der Waals surface area contributed by atoms with Crippen LogP contribution in [0.4, 0.5) is 0 Å². The van der Waals surface area contributed by atoms with Gasteiger partial charge in [0.2, 0.25) is 0 Å². The van der Waals surface area contributed by atoms with Crippen molar-refractivity contribution in [3.8, 4) is 0 Å². The van der Waals surface area contributed by atoms with E-state index in [4.69, 9.17) is 39.9 Å². The molecule has 0 aromatic carbocycles. The molecule has 0 radical (unpaired) electrons. The van der Waals surface area contributed by atoms with Crippen LogP contribution in [0.15, 0.2) is 0 Å². The van der Waals surface area contributed by atoms with Crippen molar-refractivity contribution in [1.82, 2.24) is 0 Å². The van der Waals surface area contributed by atoms with Gasteiger partial charge in [-0.25, -0.2) is 4.79 Å². The summed E-state index contributed by atoms with van der Waals surface area (Å²) in [5, 5.41) is 8.63. The first-order chi connectivity index (χ1) is 5.04. The van der Waals surface area contributed by atoms with Gasteiger partial charge in [0.15, 0.2) is 0 Å². The van der Waals surface area contributed by atoms with Crippen molar-refractivity contribution in [2.45, 2.75) is 0 Å². The lowest BCUT2D eigenvalue weighted by Crippen LogP contribution is -1.91. The summed E-state index contributed by atoms with van der Waals surface area (Å²) in [6.45, 7) is 0. The third-order valence-electron chi connectivity index (χ3n) is 0.951. The van der Waals surface area contributed by atoms with E-state index in [1.54, 1.807) is 0 Å². The van der Waals surface area contributed by atoms with Gasteiger partial charge in [0.1, 0.15) is 9.21 Å². The van der Waals surface area contributed by atoms with E-state index in [0.29, 0.717) is 0 Å². The molecule has 1 aromatic rings. The van der Waals surface area contributed by atoms with Gasteiger partial charge in [0.25, 0.3) is 0 Å². The summed E-state index contributed by atoms with van der Waals surface area (Å²) in [6.07, 6.45) is 0. The Morgan fingerprint density at radius 2 is 1.82 bits per heavy atom. The van der Waals surface area contributed by atoms with E-state index in [-0.39, 0.29) is 19.3 Å². The molecule has 2 nitrogen and oxygen atoms in total. The third kappa shape index (κ3) is 1.62. The number of carbonyl (C=O) groups is 1. The highest BCUT2D eigenvalue weighted by atomic mass is 35.5. The van der Waals surface area contributed by atoms with Crippen molar-refractivity contribution >= 4 is 52.1 Å². The minimum absolute atomic E-state index is 0.00849. The number of rotatable bonds is 1. The highest BCUT2D eigenvalue weighted by Gasteiger charge is 2.18. The number of halogens is 3. The fourth-order valence-electron chi connectivity index (χ4n) is 0.503. The molecule has 0 saturated carbocycles. The number of thiophene rings is 1. The Labute approximate surface area is 81.3 Å². The predicted molar refractivity (Wildman–Crippen MR) is 46.3 cm³/mol. The van der Waals surface area contributed by atoms with Gasteiger partial charge in [0, 0.05) is 0 Å². The molecule has 0 fully saturated rings. The maximum absolute atomic E-state index is 10.4. The van der Waals surface area contributed by atoms with E-state index in [2.05, 4.69) is 0 Å². The van der Waals surface area contributed by atoms with Gasteiger partial charge in [-0.15, -0.1) is 11.3 Å². The molecule has 0 atom stereocenters. The van der Waals surface area contributed by atoms with Crippen molar-refractivity contribution < 1.29 is 9.90 Å². The first-order valence-corrected chi connectivity index (χ1v) is 4.35. The Morgan fingerprint density at radius 1 is 1.27 bits per heavy atom. The number of aromatic carboxylic acids is 1. The first-order valence-electron chi connectivity index (χ1n) is 2.40. The molecule has 60 valence electrons. The Hall–Kier alpha value is 0.0400. The number of hydrogen-bond acceptors (Lipinski definition) is 2. The second-order valence-electron chi connectivity index (χ2n) is 1.64. The molecule has 1 rings (SSSR count). The second-order valence-corrected chi connectivity index (χ2v) is 4.02. The van der Waals surface area contributed by atoms with E-state index in [9.17, 15) is 4.79 Å². The summed E-state index contributed by atoms with van der Waals surface area (Å²) >= 11 is 17.4. The average Bonchev–Trinajstić information content (AvgIpc) is 2.17. The standard InChI is InChI=1S/C5HCl3O2S/c6-1-2(7)4(8)11-3(1)5(9)10/h(H,9,10). The van der Waals surface area contributed by atoms with Crippen molar-refractivity contribution in [1.29, 1.82) is 0 Å². The summed E-state index contributed by atoms with van der Waals surface area (Å²) in [5.74, 6) is -1.12. The lowest BCUT2D eigenvalue weighted by molar-refractivity contribution is 0.0702. The summed E-state index contributed by atoms with van der Waals surface area (Å²) in [6, 6.07) is 0. The molecular weight excluding hydrogens is 230 g/mol. The monoisotopic (exact) mass is 230 g/mol. The molecule has 0 bridgehead atoms. The molecule has 0 aliphatic carbocycles. The molecule has 0 saturated heterocycles. The van der Waals surface area contributed by atoms with Crippen LogP contribution >= 0.6 is 46.1 Å². The quantitative estimate of drug-likeness (QED) is 0.804. The molecule has 1 heterocycles. The van der Waals surface area contributed by atoms with Gasteiger partial charge in [-0.05, 0) is 0 Å². The van der Waals surface area contributed by atoms with Gasteiger partial charge in [-0.1, -0.05) is 34.8 Å². The number of hydrogen-bond donors (Lipinski definition) is 1. The lowest BCUT2D eigenvalue weighted by atomic mass is 10.5. The van der Waals surface area contributed by atoms with Crippen LogP contribution in [0, 0.1) is 0 Å². The lowest BCUT2D eigenvalue weighted by Gasteiger charge is -1.86. The zero-order valence-corrected chi connectivity index (χ0v) is 7.98. The Balaban J connectivity index is 3.29. The van der Waals surface area contributed by atoms with E-state index < -0.39 is 5.97 Å². The van der Waals surface area contributed by atoms with E-state index in [1.165, 1.54) is 0 Å². The summed E-state index contributed by atoms with van der Waals surface area (Å²) in [5.41, 5.74) is 0. The fraction of sp³-hybridized carbons (Fsp3) is 0. The van der Waals surface area contributed by atoms with Crippen LogP contribution in [0.3, 0.4) is 0 Å². The van der Waals surface area contributed by atoms with E-state index in [1.807, 2.05) is 0 Å². The Morgan fingerprint density at radius 3 is 2.00 bits per heavy atom. The molecule has 6 heteroatoms. The van der Waals surface area contributed by atoms with Gasteiger partial charge in [0.05, 0.1) is 10.0 Å². The van der Waals surface area contributed by atoms with Gasteiger partial charge >= 0.3 is 5.97 Å². The number of carboxylic acid groups (broad SMARTS) is 1. The highest BCUT2D eigenvalue weighted by molar-refractivity contribution is 7.19. The zero-order valence-electron chi connectivity index (χ0n) is 4.90. The van der Waals surface area contributed by atoms with E-state index in [0.717, 1.165) is 11.3 Å². The maximum Gasteiger partial charge on any atom is 0.347 e. The highest BCUT2D eigenvalue weighted by Crippen LogP contribution is 2.40. The van der Waals surface area contributed by atoms with Crippen LogP contribution < -0.4 is 0 Å². The smallest absolute Gasteiger partial charge is 0.347 e. The predicted octanol–water partition coefficient (Wildman–Crippen LogP) is 3.41. The summed E-state index contributed by atoms with van der Waals surface area (Å²) in [7, 11) is 0. The Bertz CT molecular complexity index is 307. The molecule has 1 aromatic heterocycles. The van der Waals surface area contributed by atoms with Crippen molar-refractivity contribution in [3.63, 3.8) is 0 Å². The van der Waals surface area contributed by atoms with Crippen LogP contribution in [0.2, 0.25) is 14.4 Å². The minimum atomic E-state index is -1.12. The summed E-state index contributed by atoms with van der Waals surface area (Å²) in [4.78, 5) is 10.4. The van der Waals surface area contributed by atoms with Crippen molar-refractivity contribution in [3.05, 3.63) is 19.3 Å². The van der Waals surface area contributed by atoms with E-state index >= 15 is 0 Å². The van der Waals surface area contributed by atoms with Crippen LogP contribution in [-0.2, 0) is 0 Å². The van der Waals surface area contributed by atoms with Crippen molar-refractivity contribution in [2.24, 2.45) is 0 Å². The SMILES string of the molecule is O=C(O)c1sc(Cl)c(Cl)c1Cl. The normalized spacial score (nSPS) is 10.1. The molecule has 0 aliphatic rings. The van der Waals surface area contributed by atoms with Gasteiger partial charge in [-0.3, -0.25) is 0 Å². The number of carboxylic acids is 1. The molecule has 0 unspecified atom stereocenters. The van der Waals surface area contributed by atoms with Crippen molar-refractivity contribution in [2.75, 3.05) is 0 Å². The molecule has 1 N–H and O–H groups in total. The average molecular weight is 231 g/mol. The second kappa shape index (κ2) is 3.19. The first kappa shape index (κ1) is 9.13.